The molecule has 0 bridgehead atoms. The van der Waals surface area contributed by atoms with Gasteiger partial charge in [-0.3, -0.25) is 4.79 Å². The summed E-state index contributed by atoms with van der Waals surface area (Å²) >= 11 is 1.66. The topological polar surface area (TPSA) is 20.3 Å². The van der Waals surface area contributed by atoms with Gasteiger partial charge in [-0.25, -0.2) is 0 Å². The third-order valence-electron chi connectivity index (χ3n) is 5.26. The number of fused-ring (bicyclic) bond motifs is 3. The monoisotopic (exact) mass is 393 g/mol. The van der Waals surface area contributed by atoms with Crippen molar-refractivity contribution in [2.75, 3.05) is 11.9 Å². The van der Waals surface area contributed by atoms with Crippen LogP contribution in [0.4, 0.5) is 5.69 Å². The summed E-state index contributed by atoms with van der Waals surface area (Å²) in [5.41, 5.74) is 4.29. The quantitative estimate of drug-likeness (QED) is 0.283. The maximum atomic E-state index is 12.7. The molecule has 0 saturated heterocycles. The Morgan fingerprint density at radius 2 is 1.45 bits per heavy atom. The van der Waals surface area contributed by atoms with Crippen molar-refractivity contribution in [3.63, 3.8) is 0 Å². The van der Waals surface area contributed by atoms with Gasteiger partial charge in [-0.15, -0.1) is 0 Å². The van der Waals surface area contributed by atoms with E-state index in [4.69, 9.17) is 0 Å². The van der Waals surface area contributed by atoms with E-state index in [9.17, 15) is 4.79 Å². The van der Waals surface area contributed by atoms with E-state index >= 15 is 0 Å². The van der Waals surface area contributed by atoms with Crippen molar-refractivity contribution >= 4 is 34.0 Å². The maximum Gasteiger partial charge on any atom is 0.188 e. The zero-order valence-corrected chi connectivity index (χ0v) is 16.8. The van der Waals surface area contributed by atoms with Gasteiger partial charge in [-0.1, -0.05) is 96.7 Å². The molecule has 29 heavy (non-hydrogen) atoms. The number of hydrogen-bond donors (Lipinski definition) is 0. The second-order valence-electron chi connectivity index (χ2n) is 7.06. The van der Waals surface area contributed by atoms with Crippen molar-refractivity contribution in [3.8, 4) is 11.1 Å². The summed E-state index contributed by atoms with van der Waals surface area (Å²) in [6.45, 7) is 0. The van der Waals surface area contributed by atoms with Gasteiger partial charge in [0.05, 0.1) is 10.7 Å². The molecule has 0 aliphatic carbocycles. The van der Waals surface area contributed by atoms with E-state index in [1.54, 1.807) is 17.8 Å². The minimum Gasteiger partial charge on any atom is -0.338 e. The predicted molar refractivity (Wildman–Crippen MR) is 122 cm³/mol. The highest BCUT2D eigenvalue weighted by Gasteiger charge is 2.26. The van der Waals surface area contributed by atoms with Gasteiger partial charge < -0.3 is 4.90 Å². The van der Waals surface area contributed by atoms with E-state index < -0.39 is 0 Å². The Morgan fingerprint density at radius 1 is 0.828 bits per heavy atom. The normalized spacial score (nSPS) is 14.4. The molecule has 140 valence electrons. The molecule has 4 aromatic rings. The Bertz CT molecular complexity index is 1250. The molecule has 1 heterocycles. The molecule has 0 spiro atoms. The van der Waals surface area contributed by atoms with Crippen LogP contribution in [0.25, 0.3) is 21.9 Å². The maximum absolute atomic E-state index is 12.7. The van der Waals surface area contributed by atoms with Crippen molar-refractivity contribution in [2.24, 2.45) is 0 Å². The van der Waals surface area contributed by atoms with Crippen LogP contribution in [0.15, 0.2) is 107 Å². The summed E-state index contributed by atoms with van der Waals surface area (Å²) < 4.78 is 0. The highest BCUT2D eigenvalue weighted by Crippen LogP contribution is 2.51. The molecule has 0 atom stereocenters. The number of hydrogen-bond acceptors (Lipinski definition) is 3. The van der Waals surface area contributed by atoms with E-state index in [1.807, 2.05) is 43.4 Å². The van der Waals surface area contributed by atoms with Gasteiger partial charge in [0, 0.05) is 29.0 Å². The summed E-state index contributed by atoms with van der Waals surface area (Å²) in [4.78, 5) is 16.0. The molecule has 0 radical (unpaired) electrons. The van der Waals surface area contributed by atoms with Crippen LogP contribution < -0.4 is 4.90 Å². The fourth-order valence-corrected chi connectivity index (χ4v) is 4.97. The summed E-state index contributed by atoms with van der Waals surface area (Å²) in [5, 5.41) is 3.37. The van der Waals surface area contributed by atoms with Gasteiger partial charge in [0.1, 0.15) is 0 Å². The third-order valence-corrected chi connectivity index (χ3v) is 6.39. The minimum atomic E-state index is 0.0281. The van der Waals surface area contributed by atoms with E-state index in [2.05, 4.69) is 59.5 Å². The Kier molecular flexibility index (Phi) is 4.45. The summed E-state index contributed by atoms with van der Waals surface area (Å²) in [6.07, 6.45) is 1.75. The average Bonchev–Trinajstić information content (AvgIpc) is 3.09. The molecule has 0 fully saturated rings. The van der Waals surface area contributed by atoms with E-state index in [-0.39, 0.29) is 5.78 Å². The first-order chi connectivity index (χ1) is 14.2. The fourth-order valence-electron chi connectivity index (χ4n) is 3.83. The summed E-state index contributed by atoms with van der Waals surface area (Å²) in [6, 6.07) is 30.6. The SMILES string of the molecule is CN1/C(=C\C(=O)c2ccccc2)Sc2cc(-c3ccccc3)c3ccccc3c21. The van der Waals surface area contributed by atoms with Crippen LogP contribution in [0, 0.1) is 0 Å². The highest BCUT2D eigenvalue weighted by molar-refractivity contribution is 8.03. The average molecular weight is 394 g/mol. The molecule has 4 aromatic carbocycles. The fraction of sp³-hybridized carbons (Fsp3) is 0.0385. The number of allylic oxidation sites excluding steroid dienone is 1. The highest BCUT2D eigenvalue weighted by atomic mass is 32.2. The smallest absolute Gasteiger partial charge is 0.188 e. The van der Waals surface area contributed by atoms with Crippen LogP contribution in [0.5, 0.6) is 0 Å². The van der Waals surface area contributed by atoms with Gasteiger partial charge in [0.25, 0.3) is 0 Å². The number of thioether (sulfide) groups is 1. The lowest BCUT2D eigenvalue weighted by Crippen LogP contribution is -2.11. The van der Waals surface area contributed by atoms with E-state index in [0.717, 1.165) is 10.7 Å². The standard InChI is InChI=1S/C26H19NOS/c1-27-25(17-23(28)19-12-6-3-7-13-19)29-24-16-22(18-10-4-2-5-11-18)20-14-8-9-15-21(20)26(24)27/h2-17H,1H3/b25-17+. The predicted octanol–water partition coefficient (Wildman–Crippen LogP) is 6.77. The zero-order valence-electron chi connectivity index (χ0n) is 16.0. The van der Waals surface area contributed by atoms with Crippen LogP contribution in [0.1, 0.15) is 10.4 Å². The lowest BCUT2D eigenvalue weighted by Gasteiger charge is -2.17. The Balaban J connectivity index is 1.64. The summed E-state index contributed by atoms with van der Waals surface area (Å²) in [5.74, 6) is 0.0281. The first-order valence-corrected chi connectivity index (χ1v) is 10.4. The molecule has 1 aliphatic heterocycles. The van der Waals surface area contributed by atoms with Crippen LogP contribution in [0.3, 0.4) is 0 Å². The third kappa shape index (κ3) is 3.14. The van der Waals surface area contributed by atoms with Crippen molar-refractivity contribution in [1.29, 1.82) is 0 Å². The molecule has 0 aromatic heterocycles. The Labute approximate surface area is 174 Å². The number of carbonyl (C=O) groups excluding carboxylic acids is 1. The number of rotatable bonds is 3. The number of ketones is 1. The molecule has 0 amide bonds. The lowest BCUT2D eigenvalue weighted by molar-refractivity contribution is 0.104. The second-order valence-corrected chi connectivity index (χ2v) is 8.12. The molecular weight excluding hydrogens is 374 g/mol. The first kappa shape index (κ1) is 17.8. The Morgan fingerprint density at radius 3 is 2.17 bits per heavy atom. The van der Waals surface area contributed by atoms with Crippen LogP contribution in [0.2, 0.25) is 0 Å². The van der Waals surface area contributed by atoms with Crippen molar-refractivity contribution in [3.05, 3.63) is 108 Å². The minimum absolute atomic E-state index is 0.0281. The first-order valence-electron chi connectivity index (χ1n) is 9.56. The molecule has 5 rings (SSSR count). The summed E-state index contributed by atoms with van der Waals surface area (Å²) in [7, 11) is 2.04. The van der Waals surface area contributed by atoms with Gasteiger partial charge in [-0.05, 0) is 22.6 Å². The molecule has 3 heteroatoms. The van der Waals surface area contributed by atoms with Crippen molar-refractivity contribution in [2.45, 2.75) is 4.90 Å². The molecule has 0 N–H and O–H groups in total. The molecule has 0 saturated carbocycles. The van der Waals surface area contributed by atoms with Gasteiger partial charge in [-0.2, -0.15) is 0 Å². The van der Waals surface area contributed by atoms with E-state index in [1.165, 1.54) is 26.8 Å². The van der Waals surface area contributed by atoms with E-state index in [0.29, 0.717) is 5.56 Å². The van der Waals surface area contributed by atoms with Crippen LogP contribution in [-0.2, 0) is 0 Å². The number of carbonyl (C=O) groups is 1. The van der Waals surface area contributed by atoms with Gasteiger partial charge in [0.15, 0.2) is 5.78 Å². The second kappa shape index (κ2) is 7.26. The van der Waals surface area contributed by atoms with Gasteiger partial charge in [0.2, 0.25) is 0 Å². The molecule has 0 unspecified atom stereocenters. The number of nitrogens with zero attached hydrogens (tertiary/aromatic N) is 1. The molecule has 2 nitrogen and oxygen atoms in total. The molecule has 1 aliphatic rings. The lowest BCUT2D eigenvalue weighted by atomic mass is 9.97. The number of benzene rings is 4. The Hall–Kier alpha value is -3.30. The number of anilines is 1. The van der Waals surface area contributed by atoms with Crippen molar-refractivity contribution in [1.82, 2.24) is 0 Å². The molecular formula is C26H19NOS. The van der Waals surface area contributed by atoms with Crippen molar-refractivity contribution < 1.29 is 4.79 Å². The zero-order chi connectivity index (χ0) is 19.8. The van der Waals surface area contributed by atoms with Crippen LogP contribution >= 0.6 is 11.8 Å². The van der Waals surface area contributed by atoms with Crippen LogP contribution in [-0.4, -0.2) is 12.8 Å². The van der Waals surface area contributed by atoms with Gasteiger partial charge >= 0.3 is 0 Å². The largest absolute Gasteiger partial charge is 0.338 e.